The minimum absolute atomic E-state index is 0.0602. The molecule has 0 fully saturated rings. The van der Waals surface area contributed by atoms with Crippen LogP contribution in [0, 0.1) is 5.82 Å². The Morgan fingerprint density at radius 1 is 1.43 bits per heavy atom. The molecule has 1 aromatic carbocycles. The molecule has 0 aliphatic rings. The van der Waals surface area contributed by atoms with Crippen molar-refractivity contribution in [3.8, 4) is 0 Å². The molecule has 0 saturated carbocycles. The molecule has 0 aliphatic heterocycles. The molecular weight excluding hydrogens is 301 g/mol. The number of imidazole rings is 1. The first-order valence-electron chi connectivity index (χ1n) is 5.90. The monoisotopic (exact) mass is 313 g/mol. The fourth-order valence-corrected chi connectivity index (χ4v) is 2.76. The average Bonchev–Trinajstić information content (AvgIpc) is 2.91. The van der Waals surface area contributed by atoms with Crippen molar-refractivity contribution in [2.75, 3.05) is 6.54 Å². The van der Waals surface area contributed by atoms with Gasteiger partial charge in [-0.2, -0.15) is 0 Å². The lowest BCUT2D eigenvalue weighted by Gasteiger charge is -2.07. The summed E-state index contributed by atoms with van der Waals surface area (Å²) in [4.78, 5) is 16.7. The molecule has 9 heteroatoms. The predicted octanol–water partition coefficient (Wildman–Crippen LogP) is 0.768. The summed E-state index contributed by atoms with van der Waals surface area (Å²) < 4.78 is 39.8. The predicted molar refractivity (Wildman–Crippen MR) is 70.8 cm³/mol. The number of benzene rings is 1. The maximum atomic E-state index is 13.7. The van der Waals surface area contributed by atoms with Gasteiger partial charge in [0.2, 0.25) is 10.0 Å². The Labute approximate surface area is 119 Å². The number of nitrogens with one attached hydrogen (secondary N) is 2. The van der Waals surface area contributed by atoms with Crippen LogP contribution in [0.1, 0.15) is 16.1 Å². The average molecular weight is 313 g/mol. The molecule has 1 aromatic heterocycles. The molecule has 0 unspecified atom stereocenters. The molecular formula is C12H12FN3O4S. The van der Waals surface area contributed by atoms with Gasteiger partial charge in [0.1, 0.15) is 10.7 Å². The molecule has 3 N–H and O–H groups in total. The third kappa shape index (κ3) is 3.64. The van der Waals surface area contributed by atoms with Gasteiger partial charge in [0.25, 0.3) is 0 Å². The zero-order valence-corrected chi connectivity index (χ0v) is 11.5. The second-order valence-electron chi connectivity index (χ2n) is 4.17. The zero-order valence-electron chi connectivity index (χ0n) is 10.7. The highest BCUT2D eigenvalue weighted by molar-refractivity contribution is 7.89. The zero-order chi connectivity index (χ0) is 15.5. The summed E-state index contributed by atoms with van der Waals surface area (Å²) in [6, 6.07) is 2.64. The molecule has 0 saturated heterocycles. The van der Waals surface area contributed by atoms with Crippen molar-refractivity contribution >= 4 is 16.0 Å². The van der Waals surface area contributed by atoms with Crippen molar-refractivity contribution in [1.82, 2.24) is 14.7 Å². The Hall–Kier alpha value is -2.26. The van der Waals surface area contributed by atoms with E-state index in [9.17, 15) is 17.6 Å². The largest absolute Gasteiger partial charge is 0.478 e. The number of aromatic amines is 1. The molecule has 0 bridgehead atoms. The van der Waals surface area contributed by atoms with Gasteiger partial charge in [-0.25, -0.2) is 27.3 Å². The molecule has 21 heavy (non-hydrogen) atoms. The first-order chi connectivity index (χ1) is 9.90. The van der Waals surface area contributed by atoms with Gasteiger partial charge < -0.3 is 10.1 Å². The van der Waals surface area contributed by atoms with E-state index in [1.807, 2.05) is 0 Å². The van der Waals surface area contributed by atoms with Crippen LogP contribution in [0.3, 0.4) is 0 Å². The van der Waals surface area contributed by atoms with Gasteiger partial charge in [0.15, 0.2) is 0 Å². The second kappa shape index (κ2) is 6.02. The quantitative estimate of drug-likeness (QED) is 0.729. The van der Waals surface area contributed by atoms with Crippen molar-refractivity contribution in [2.45, 2.75) is 11.3 Å². The van der Waals surface area contributed by atoms with Crippen LogP contribution >= 0.6 is 0 Å². The number of nitrogens with zero attached hydrogens (tertiary/aromatic N) is 1. The highest BCUT2D eigenvalue weighted by atomic mass is 32.2. The van der Waals surface area contributed by atoms with Gasteiger partial charge >= 0.3 is 5.97 Å². The lowest BCUT2D eigenvalue weighted by atomic mass is 10.2. The smallest absolute Gasteiger partial charge is 0.335 e. The third-order valence-electron chi connectivity index (χ3n) is 2.71. The van der Waals surface area contributed by atoms with Crippen molar-refractivity contribution in [3.63, 3.8) is 0 Å². The summed E-state index contributed by atoms with van der Waals surface area (Å²) in [6.07, 6.45) is 3.39. The van der Waals surface area contributed by atoms with Crippen molar-refractivity contribution < 1.29 is 22.7 Å². The van der Waals surface area contributed by atoms with Crippen LogP contribution in [-0.2, 0) is 16.4 Å². The van der Waals surface area contributed by atoms with Gasteiger partial charge in [0, 0.05) is 24.9 Å². The minimum atomic E-state index is -4.04. The molecule has 2 aromatic rings. The number of carboxylic acids is 1. The van der Waals surface area contributed by atoms with Gasteiger partial charge in [-0.05, 0) is 18.2 Å². The summed E-state index contributed by atoms with van der Waals surface area (Å²) >= 11 is 0. The van der Waals surface area contributed by atoms with E-state index in [1.165, 1.54) is 6.33 Å². The Bertz CT molecular complexity index is 744. The van der Waals surface area contributed by atoms with E-state index < -0.39 is 26.7 Å². The van der Waals surface area contributed by atoms with Crippen LogP contribution in [0.5, 0.6) is 0 Å². The van der Waals surface area contributed by atoms with Crippen LogP contribution in [0.15, 0.2) is 35.6 Å². The summed E-state index contributed by atoms with van der Waals surface area (Å²) in [5.41, 5.74) is 0.420. The Balaban J connectivity index is 2.10. The lowest BCUT2D eigenvalue weighted by Crippen LogP contribution is -2.27. The summed E-state index contributed by atoms with van der Waals surface area (Å²) in [7, 11) is -4.04. The molecule has 0 atom stereocenters. The van der Waals surface area contributed by atoms with Crippen molar-refractivity contribution in [2.24, 2.45) is 0 Å². The van der Waals surface area contributed by atoms with Gasteiger partial charge in [-0.15, -0.1) is 0 Å². The number of aromatic nitrogens is 2. The van der Waals surface area contributed by atoms with E-state index in [2.05, 4.69) is 14.7 Å². The van der Waals surface area contributed by atoms with E-state index in [1.54, 1.807) is 6.20 Å². The van der Waals surface area contributed by atoms with E-state index in [-0.39, 0.29) is 12.1 Å². The number of hydrogen-bond donors (Lipinski definition) is 3. The summed E-state index contributed by atoms with van der Waals surface area (Å²) in [5, 5.41) is 8.71. The molecule has 0 radical (unpaired) electrons. The Kier molecular flexibility index (Phi) is 4.34. The molecule has 7 nitrogen and oxygen atoms in total. The number of carbonyl (C=O) groups is 1. The van der Waals surface area contributed by atoms with E-state index >= 15 is 0 Å². The number of halogens is 1. The SMILES string of the molecule is O=C(O)c1ccc(S(=O)(=O)NCCc2cnc[nH]2)c(F)c1. The van der Waals surface area contributed by atoms with Crippen LogP contribution < -0.4 is 4.72 Å². The fraction of sp³-hybridized carbons (Fsp3) is 0.167. The van der Waals surface area contributed by atoms with Gasteiger partial charge in [0.05, 0.1) is 11.9 Å². The normalized spacial score (nSPS) is 11.5. The maximum absolute atomic E-state index is 13.7. The first kappa shape index (κ1) is 15.1. The van der Waals surface area contributed by atoms with Crippen LogP contribution in [-0.4, -0.2) is 36.0 Å². The fourth-order valence-electron chi connectivity index (χ4n) is 1.67. The number of sulfonamides is 1. The highest BCUT2D eigenvalue weighted by Gasteiger charge is 2.20. The van der Waals surface area contributed by atoms with Crippen LogP contribution in [0.25, 0.3) is 0 Å². The first-order valence-corrected chi connectivity index (χ1v) is 7.38. The topological polar surface area (TPSA) is 112 Å². The molecule has 0 amide bonds. The van der Waals surface area contributed by atoms with E-state index in [0.717, 1.165) is 17.8 Å². The van der Waals surface area contributed by atoms with E-state index in [4.69, 9.17) is 5.11 Å². The van der Waals surface area contributed by atoms with Crippen LogP contribution in [0.4, 0.5) is 4.39 Å². The number of rotatable bonds is 6. The van der Waals surface area contributed by atoms with Crippen molar-refractivity contribution in [1.29, 1.82) is 0 Å². The van der Waals surface area contributed by atoms with Gasteiger partial charge in [-0.3, -0.25) is 0 Å². The molecule has 112 valence electrons. The third-order valence-corrected chi connectivity index (χ3v) is 4.20. The number of carboxylic acid groups (broad SMARTS) is 1. The Morgan fingerprint density at radius 2 is 2.19 bits per heavy atom. The summed E-state index contributed by atoms with van der Waals surface area (Å²) in [5.74, 6) is -2.44. The number of H-pyrrole nitrogens is 1. The van der Waals surface area contributed by atoms with Crippen molar-refractivity contribution in [3.05, 3.63) is 47.8 Å². The second-order valence-corrected chi connectivity index (χ2v) is 5.91. The van der Waals surface area contributed by atoms with E-state index in [0.29, 0.717) is 12.5 Å². The molecule has 0 aliphatic carbocycles. The number of hydrogen-bond acceptors (Lipinski definition) is 4. The standard InChI is InChI=1S/C12H12FN3O4S/c13-10-5-8(12(17)18)1-2-11(10)21(19,20)16-4-3-9-6-14-7-15-9/h1-2,5-7,16H,3-4H2,(H,14,15)(H,17,18). The number of aromatic carboxylic acids is 1. The summed E-state index contributed by atoms with van der Waals surface area (Å²) in [6.45, 7) is 0.0602. The molecule has 2 rings (SSSR count). The lowest BCUT2D eigenvalue weighted by molar-refractivity contribution is 0.0696. The minimum Gasteiger partial charge on any atom is -0.478 e. The van der Waals surface area contributed by atoms with Gasteiger partial charge in [-0.1, -0.05) is 0 Å². The Morgan fingerprint density at radius 3 is 2.76 bits per heavy atom. The molecule has 0 spiro atoms. The van der Waals surface area contributed by atoms with Crippen LogP contribution in [0.2, 0.25) is 0 Å². The maximum Gasteiger partial charge on any atom is 0.335 e. The molecule has 1 heterocycles. The highest BCUT2D eigenvalue weighted by Crippen LogP contribution is 2.16.